The summed E-state index contributed by atoms with van der Waals surface area (Å²) in [5.74, 6) is -1.01. The second-order valence-corrected chi connectivity index (χ2v) is 15.5. The van der Waals surface area contributed by atoms with Gasteiger partial charge in [-0.25, -0.2) is 9.59 Å². The van der Waals surface area contributed by atoms with Gasteiger partial charge in [0, 0.05) is 21.5 Å². The highest BCUT2D eigenvalue weighted by atomic mass is 127. The molecule has 2 aliphatic rings. The number of esters is 2. The number of hydrogen-bond acceptors (Lipinski definition) is 6. The summed E-state index contributed by atoms with van der Waals surface area (Å²) in [6.07, 6.45) is 5.55. The molecule has 2 aliphatic carbocycles. The van der Waals surface area contributed by atoms with Crippen LogP contribution in [0.4, 0.5) is 0 Å². The van der Waals surface area contributed by atoms with E-state index in [-0.39, 0.29) is 32.8 Å². The van der Waals surface area contributed by atoms with Crippen molar-refractivity contribution in [1.29, 1.82) is 0 Å². The Morgan fingerprint density at radius 2 is 1.52 bits per heavy atom. The normalized spacial score (nSPS) is 33.6. The first kappa shape index (κ1) is 27.2. The van der Waals surface area contributed by atoms with Crippen LogP contribution in [-0.2, 0) is 9.47 Å². The quantitative estimate of drug-likeness (QED) is 0.0947. The number of carbonyl (C=O) groups is 2. The minimum absolute atomic E-state index is 0.0252. The second kappa shape index (κ2) is 9.92. The van der Waals surface area contributed by atoms with Crippen LogP contribution in [0.1, 0.15) is 100 Å². The van der Waals surface area contributed by atoms with Crippen molar-refractivity contribution in [2.75, 3.05) is 0 Å². The van der Waals surface area contributed by atoms with Crippen molar-refractivity contribution in [2.45, 2.75) is 99.3 Å². The SMILES string of the molecule is CC1(C)CC[C@@H](OC(=O)c2ccccc2C(=O)O[C@]2(S)C[C@@H](I)CC(C)(C)C2)C[C@@](C)(S)C1. The summed E-state index contributed by atoms with van der Waals surface area (Å²) >= 11 is 12.0. The number of thiol groups is 2. The van der Waals surface area contributed by atoms with E-state index < -0.39 is 16.9 Å². The molecule has 1 aromatic rings. The average Bonchev–Trinajstić information content (AvgIpc) is 2.72. The van der Waals surface area contributed by atoms with Crippen molar-refractivity contribution < 1.29 is 19.1 Å². The van der Waals surface area contributed by atoms with Crippen molar-refractivity contribution in [2.24, 2.45) is 10.8 Å². The molecule has 0 unspecified atom stereocenters. The van der Waals surface area contributed by atoms with Gasteiger partial charge in [0.15, 0.2) is 4.93 Å². The number of ether oxygens (including phenoxy) is 2. The molecule has 0 heterocycles. The Balaban J connectivity index is 1.76. The molecule has 2 saturated carbocycles. The monoisotopic (exact) mass is 604 g/mol. The molecule has 4 atom stereocenters. The highest BCUT2D eigenvalue weighted by Gasteiger charge is 2.44. The molecule has 2 fully saturated rings. The van der Waals surface area contributed by atoms with E-state index >= 15 is 0 Å². The fraction of sp³-hybridized carbons (Fsp3) is 0.692. The van der Waals surface area contributed by atoms with Crippen molar-refractivity contribution in [3.8, 4) is 0 Å². The van der Waals surface area contributed by atoms with Crippen LogP contribution in [0.2, 0.25) is 0 Å². The van der Waals surface area contributed by atoms with Gasteiger partial charge in [-0.05, 0) is 55.1 Å². The van der Waals surface area contributed by atoms with Crippen molar-refractivity contribution in [3.05, 3.63) is 35.4 Å². The largest absolute Gasteiger partial charge is 0.459 e. The molecule has 0 aliphatic heterocycles. The lowest BCUT2D eigenvalue weighted by atomic mass is 9.75. The third kappa shape index (κ3) is 7.53. The number of halogens is 1. The topological polar surface area (TPSA) is 52.6 Å². The van der Waals surface area contributed by atoms with Crippen LogP contribution in [0.25, 0.3) is 0 Å². The molecule has 0 spiro atoms. The standard InChI is InChI=1S/C26H37IO4S2/c1-23(2)11-10-18(14-25(5,32)15-23)30-21(28)19-8-6-7-9-20(19)22(29)31-26(33)13-17(27)12-24(3,4)16-26/h6-9,17-18,32-33H,10-16H2,1-5H3/t17-,18+,25+,26-/m0/s1. The first-order valence-electron chi connectivity index (χ1n) is 11.7. The molecule has 3 rings (SSSR count). The highest BCUT2D eigenvalue weighted by molar-refractivity contribution is 14.1. The summed E-state index contributed by atoms with van der Waals surface area (Å²) in [6, 6.07) is 6.75. The third-order valence-corrected chi connectivity index (χ3v) is 8.32. The van der Waals surface area contributed by atoms with Crippen LogP contribution in [0, 0.1) is 10.8 Å². The maximum atomic E-state index is 13.2. The number of hydrogen-bond donors (Lipinski definition) is 2. The second-order valence-electron chi connectivity index (χ2n) is 11.8. The van der Waals surface area contributed by atoms with E-state index in [1.807, 2.05) is 0 Å². The van der Waals surface area contributed by atoms with Crippen LogP contribution < -0.4 is 0 Å². The van der Waals surface area contributed by atoms with Crippen molar-refractivity contribution in [3.63, 3.8) is 0 Å². The van der Waals surface area contributed by atoms with E-state index in [1.165, 1.54) is 0 Å². The van der Waals surface area contributed by atoms with Crippen LogP contribution in [0.5, 0.6) is 0 Å². The van der Waals surface area contributed by atoms with Gasteiger partial charge in [0.05, 0.1) is 11.1 Å². The van der Waals surface area contributed by atoms with Gasteiger partial charge in [0.2, 0.25) is 0 Å². The zero-order valence-electron chi connectivity index (χ0n) is 20.3. The lowest BCUT2D eigenvalue weighted by Gasteiger charge is -2.43. The molecule has 0 N–H and O–H groups in total. The minimum atomic E-state index is -0.859. The van der Waals surface area contributed by atoms with Gasteiger partial charge in [-0.15, -0.1) is 12.6 Å². The Kier molecular flexibility index (Phi) is 8.17. The predicted octanol–water partition coefficient (Wildman–Crippen LogP) is 7.30. The van der Waals surface area contributed by atoms with Crippen molar-refractivity contribution >= 4 is 59.8 Å². The number of rotatable bonds is 4. The average molecular weight is 605 g/mol. The van der Waals surface area contributed by atoms with Crippen LogP contribution in [-0.4, -0.2) is 31.6 Å². The molecule has 0 aromatic heterocycles. The van der Waals surface area contributed by atoms with E-state index in [2.05, 4.69) is 57.2 Å². The number of alkyl halides is 1. The summed E-state index contributed by atoms with van der Waals surface area (Å²) in [4.78, 5) is 25.5. The van der Waals surface area contributed by atoms with Gasteiger partial charge in [-0.3, -0.25) is 0 Å². The van der Waals surface area contributed by atoms with Gasteiger partial charge in [0.25, 0.3) is 0 Å². The summed E-state index contributed by atoms with van der Waals surface area (Å²) in [5, 5.41) is 0. The third-order valence-electron chi connectivity index (χ3n) is 6.66. The Bertz CT molecular complexity index is 898. The van der Waals surface area contributed by atoms with Crippen molar-refractivity contribution in [1.82, 2.24) is 0 Å². The fourth-order valence-corrected chi connectivity index (χ4v) is 9.32. The molecule has 0 saturated heterocycles. The molecular formula is C26H37IO4S2. The first-order chi connectivity index (χ1) is 15.1. The molecule has 0 bridgehead atoms. The molecule has 184 valence electrons. The summed E-state index contributed by atoms with van der Waals surface area (Å²) in [6.45, 7) is 10.9. The van der Waals surface area contributed by atoms with Gasteiger partial charge in [-0.1, -0.05) is 69.3 Å². The van der Waals surface area contributed by atoms with E-state index in [9.17, 15) is 9.59 Å². The van der Waals surface area contributed by atoms with E-state index in [0.29, 0.717) is 23.2 Å². The maximum absolute atomic E-state index is 13.2. The summed E-state index contributed by atoms with van der Waals surface area (Å²) in [7, 11) is 0. The molecular weight excluding hydrogens is 567 g/mol. The van der Waals surface area contributed by atoms with Crippen LogP contribution >= 0.6 is 47.8 Å². The predicted molar refractivity (Wildman–Crippen MR) is 148 cm³/mol. The Morgan fingerprint density at radius 3 is 2.12 bits per heavy atom. The minimum Gasteiger partial charge on any atom is -0.459 e. The zero-order chi connectivity index (χ0) is 24.7. The van der Waals surface area contributed by atoms with Gasteiger partial charge in [-0.2, -0.15) is 12.6 Å². The van der Waals surface area contributed by atoms with Gasteiger partial charge in [0.1, 0.15) is 6.10 Å². The fourth-order valence-electron chi connectivity index (χ4n) is 5.71. The molecule has 0 radical (unpaired) electrons. The summed E-state index contributed by atoms with van der Waals surface area (Å²) < 4.78 is 12.0. The van der Waals surface area contributed by atoms with Crippen LogP contribution in [0.15, 0.2) is 24.3 Å². The Labute approximate surface area is 223 Å². The van der Waals surface area contributed by atoms with Gasteiger partial charge >= 0.3 is 11.9 Å². The molecule has 4 nitrogen and oxygen atoms in total. The van der Waals surface area contributed by atoms with Gasteiger partial charge < -0.3 is 9.47 Å². The molecule has 1 aromatic carbocycles. The molecule has 7 heteroatoms. The highest BCUT2D eigenvalue weighted by Crippen LogP contribution is 2.48. The number of carbonyl (C=O) groups excluding carboxylic acids is 2. The number of benzene rings is 1. The van der Waals surface area contributed by atoms with Crippen LogP contribution in [0.3, 0.4) is 0 Å². The van der Waals surface area contributed by atoms with E-state index in [0.717, 1.165) is 25.7 Å². The maximum Gasteiger partial charge on any atom is 0.340 e. The molecule has 33 heavy (non-hydrogen) atoms. The lowest BCUT2D eigenvalue weighted by molar-refractivity contribution is -0.00929. The summed E-state index contributed by atoms with van der Waals surface area (Å²) in [5.41, 5.74) is 0.638. The Morgan fingerprint density at radius 1 is 0.909 bits per heavy atom. The lowest BCUT2D eigenvalue weighted by Crippen LogP contribution is -2.42. The van der Waals surface area contributed by atoms with E-state index in [4.69, 9.17) is 34.7 Å². The van der Waals surface area contributed by atoms with E-state index in [1.54, 1.807) is 24.3 Å². The molecule has 0 amide bonds. The zero-order valence-corrected chi connectivity index (χ0v) is 24.3. The Hall–Kier alpha value is -0.410. The first-order valence-corrected chi connectivity index (χ1v) is 13.9. The smallest absolute Gasteiger partial charge is 0.340 e.